The van der Waals surface area contributed by atoms with Crippen LogP contribution in [0.4, 0.5) is 0 Å². The normalized spacial score (nSPS) is 10.3. The molecule has 0 spiro atoms. The number of aryl methyl sites for hydroxylation is 3. The summed E-state index contributed by atoms with van der Waals surface area (Å²) in [4.78, 5) is 12.4. The highest BCUT2D eigenvalue weighted by Gasteiger charge is 2.15. The first-order valence-electron chi connectivity index (χ1n) is 6.03. The first kappa shape index (κ1) is 13.2. The van der Waals surface area contributed by atoms with Crippen LogP contribution < -0.4 is 4.74 Å². The fourth-order valence-electron chi connectivity index (χ4n) is 1.89. The third-order valence-corrected chi connectivity index (χ3v) is 3.17. The number of methoxy groups -OCH3 is 1. The van der Waals surface area contributed by atoms with E-state index in [-0.39, 0.29) is 5.78 Å². The molecular formula is C15H16N2O2. The van der Waals surface area contributed by atoms with E-state index in [4.69, 9.17) is 4.74 Å². The lowest BCUT2D eigenvalue weighted by Gasteiger charge is -2.08. The monoisotopic (exact) mass is 256 g/mol. The van der Waals surface area contributed by atoms with Crippen LogP contribution in [0.5, 0.6) is 5.88 Å². The van der Waals surface area contributed by atoms with Crippen molar-refractivity contribution in [3.05, 3.63) is 52.2 Å². The molecular weight excluding hydrogens is 240 g/mol. The van der Waals surface area contributed by atoms with Gasteiger partial charge in [0.1, 0.15) is 5.69 Å². The van der Waals surface area contributed by atoms with Crippen molar-refractivity contribution >= 4 is 5.78 Å². The summed E-state index contributed by atoms with van der Waals surface area (Å²) in [6.45, 7) is 5.95. The topological polar surface area (TPSA) is 52.1 Å². The number of hydrogen-bond acceptors (Lipinski definition) is 4. The van der Waals surface area contributed by atoms with Crippen molar-refractivity contribution in [2.75, 3.05) is 7.11 Å². The molecule has 2 aromatic rings. The molecule has 2 rings (SSSR count). The smallest absolute Gasteiger partial charge is 0.233 e. The Morgan fingerprint density at radius 2 is 1.68 bits per heavy atom. The van der Waals surface area contributed by atoms with Crippen LogP contribution in [-0.2, 0) is 0 Å². The van der Waals surface area contributed by atoms with Gasteiger partial charge in [0.15, 0.2) is 0 Å². The minimum atomic E-state index is -0.115. The predicted octanol–water partition coefficient (Wildman–Crippen LogP) is 2.64. The fraction of sp³-hybridized carbons (Fsp3) is 0.267. The number of carbonyl (C=O) groups is 1. The van der Waals surface area contributed by atoms with E-state index < -0.39 is 0 Å². The Hall–Kier alpha value is -2.23. The summed E-state index contributed by atoms with van der Waals surface area (Å²) in [5.74, 6) is 0.282. The van der Waals surface area contributed by atoms with Gasteiger partial charge in [-0.05, 0) is 49.6 Å². The van der Waals surface area contributed by atoms with Crippen LogP contribution in [0.25, 0.3) is 0 Å². The number of nitrogens with zero attached hydrogens (tertiary/aromatic N) is 2. The van der Waals surface area contributed by atoms with Crippen LogP contribution in [0.15, 0.2) is 24.3 Å². The van der Waals surface area contributed by atoms with Gasteiger partial charge in [-0.3, -0.25) is 4.79 Å². The summed E-state index contributed by atoms with van der Waals surface area (Å²) in [6.07, 6.45) is 0. The molecule has 1 aromatic heterocycles. The zero-order chi connectivity index (χ0) is 14.0. The first-order valence-corrected chi connectivity index (χ1v) is 6.03. The molecule has 0 atom stereocenters. The lowest BCUT2D eigenvalue weighted by Crippen LogP contribution is -2.08. The van der Waals surface area contributed by atoms with Crippen molar-refractivity contribution in [3.63, 3.8) is 0 Å². The van der Waals surface area contributed by atoms with Crippen molar-refractivity contribution in [2.45, 2.75) is 20.8 Å². The number of rotatable bonds is 3. The molecule has 0 N–H and O–H groups in total. The van der Waals surface area contributed by atoms with Crippen LogP contribution in [0, 0.1) is 20.8 Å². The van der Waals surface area contributed by atoms with Crippen LogP contribution >= 0.6 is 0 Å². The van der Waals surface area contributed by atoms with E-state index in [2.05, 4.69) is 10.2 Å². The molecule has 0 unspecified atom stereocenters. The lowest BCUT2D eigenvalue weighted by atomic mass is 9.97. The average molecular weight is 256 g/mol. The van der Waals surface area contributed by atoms with E-state index in [0.29, 0.717) is 17.1 Å². The zero-order valence-corrected chi connectivity index (χ0v) is 11.5. The minimum absolute atomic E-state index is 0.115. The molecule has 1 aromatic carbocycles. The van der Waals surface area contributed by atoms with Gasteiger partial charge in [-0.1, -0.05) is 6.07 Å². The Morgan fingerprint density at radius 1 is 1.00 bits per heavy atom. The first-order chi connectivity index (χ1) is 9.02. The Morgan fingerprint density at radius 3 is 2.26 bits per heavy atom. The Kier molecular flexibility index (Phi) is 3.60. The average Bonchev–Trinajstić information content (AvgIpc) is 2.42. The molecule has 0 aliphatic heterocycles. The maximum atomic E-state index is 12.4. The van der Waals surface area contributed by atoms with Gasteiger partial charge in [0.2, 0.25) is 11.7 Å². The summed E-state index contributed by atoms with van der Waals surface area (Å²) < 4.78 is 4.93. The van der Waals surface area contributed by atoms with E-state index in [1.165, 1.54) is 12.7 Å². The van der Waals surface area contributed by atoms with Gasteiger partial charge >= 0.3 is 0 Å². The maximum absolute atomic E-state index is 12.4. The Balaban J connectivity index is 2.40. The molecule has 4 nitrogen and oxygen atoms in total. The summed E-state index contributed by atoms with van der Waals surface area (Å²) in [5, 5.41) is 7.71. The number of hydrogen-bond donors (Lipinski definition) is 0. The molecule has 0 aliphatic rings. The highest BCUT2D eigenvalue weighted by molar-refractivity contribution is 6.08. The van der Waals surface area contributed by atoms with Crippen LogP contribution in [0.1, 0.15) is 32.7 Å². The maximum Gasteiger partial charge on any atom is 0.233 e. The molecule has 4 heteroatoms. The molecule has 19 heavy (non-hydrogen) atoms. The van der Waals surface area contributed by atoms with Crippen molar-refractivity contribution in [1.29, 1.82) is 0 Å². The number of ether oxygens (including phenoxy) is 1. The second kappa shape index (κ2) is 5.18. The number of ketones is 1. The summed E-state index contributed by atoms with van der Waals surface area (Å²) in [7, 11) is 1.51. The quantitative estimate of drug-likeness (QED) is 0.792. The highest BCUT2D eigenvalue weighted by atomic mass is 16.5. The van der Waals surface area contributed by atoms with Crippen molar-refractivity contribution in [3.8, 4) is 5.88 Å². The number of benzene rings is 1. The third-order valence-electron chi connectivity index (χ3n) is 3.17. The largest absolute Gasteiger partial charge is 0.480 e. The van der Waals surface area contributed by atoms with E-state index >= 15 is 0 Å². The van der Waals surface area contributed by atoms with Gasteiger partial charge in [0.05, 0.1) is 7.11 Å². The van der Waals surface area contributed by atoms with Crippen LogP contribution in [0.3, 0.4) is 0 Å². The van der Waals surface area contributed by atoms with Crippen molar-refractivity contribution < 1.29 is 9.53 Å². The standard InChI is InChI=1S/C15H16N2O2/c1-9-7-11(3)12(8-10(9)2)15(18)13-5-6-14(19-4)17-16-13/h5-8H,1-4H3. The van der Waals surface area contributed by atoms with E-state index in [9.17, 15) is 4.79 Å². The van der Waals surface area contributed by atoms with Crippen LogP contribution in [0.2, 0.25) is 0 Å². The van der Waals surface area contributed by atoms with Gasteiger partial charge in [-0.25, -0.2) is 0 Å². The van der Waals surface area contributed by atoms with Gasteiger partial charge < -0.3 is 4.74 Å². The molecule has 0 aliphatic carbocycles. The molecule has 1 heterocycles. The minimum Gasteiger partial charge on any atom is -0.480 e. The second-order valence-corrected chi connectivity index (χ2v) is 4.54. The van der Waals surface area contributed by atoms with Gasteiger partial charge in [-0.2, -0.15) is 0 Å². The summed E-state index contributed by atoms with van der Waals surface area (Å²) in [5.41, 5.74) is 4.21. The fourth-order valence-corrected chi connectivity index (χ4v) is 1.89. The Bertz CT molecular complexity index is 619. The zero-order valence-electron chi connectivity index (χ0n) is 11.5. The molecule has 0 saturated heterocycles. The molecule has 0 amide bonds. The van der Waals surface area contributed by atoms with Crippen molar-refractivity contribution in [2.24, 2.45) is 0 Å². The predicted molar refractivity (Wildman–Crippen MR) is 72.7 cm³/mol. The third kappa shape index (κ3) is 2.62. The number of aromatic nitrogens is 2. The van der Waals surface area contributed by atoms with E-state index in [0.717, 1.165) is 11.1 Å². The molecule has 0 fully saturated rings. The summed E-state index contributed by atoms with van der Waals surface area (Å²) in [6, 6.07) is 7.18. The lowest BCUT2D eigenvalue weighted by molar-refractivity contribution is 0.103. The SMILES string of the molecule is COc1ccc(C(=O)c2cc(C)c(C)cc2C)nn1. The number of carbonyl (C=O) groups excluding carboxylic acids is 1. The molecule has 0 bridgehead atoms. The van der Waals surface area contributed by atoms with Crippen LogP contribution in [-0.4, -0.2) is 23.1 Å². The highest BCUT2D eigenvalue weighted by Crippen LogP contribution is 2.18. The second-order valence-electron chi connectivity index (χ2n) is 4.54. The van der Waals surface area contributed by atoms with Gasteiger partial charge in [0, 0.05) is 11.6 Å². The summed E-state index contributed by atoms with van der Waals surface area (Å²) >= 11 is 0. The van der Waals surface area contributed by atoms with E-state index in [1.54, 1.807) is 12.1 Å². The van der Waals surface area contributed by atoms with Gasteiger partial charge in [0.25, 0.3) is 0 Å². The molecule has 98 valence electrons. The van der Waals surface area contributed by atoms with E-state index in [1.807, 2.05) is 32.9 Å². The molecule has 0 radical (unpaired) electrons. The molecule has 0 saturated carbocycles. The van der Waals surface area contributed by atoms with Gasteiger partial charge in [-0.15, -0.1) is 10.2 Å². The Labute approximate surface area is 112 Å². The van der Waals surface area contributed by atoms with Crippen molar-refractivity contribution in [1.82, 2.24) is 10.2 Å².